The lowest BCUT2D eigenvalue weighted by Gasteiger charge is -1.99. The van der Waals surface area contributed by atoms with Crippen molar-refractivity contribution in [3.05, 3.63) is 41.5 Å². The minimum atomic E-state index is -0.435. The van der Waals surface area contributed by atoms with Gasteiger partial charge < -0.3 is 4.57 Å². The van der Waals surface area contributed by atoms with Gasteiger partial charge in [0.25, 0.3) is 0 Å². The number of hydrogen-bond acceptors (Lipinski definition) is 2. The van der Waals surface area contributed by atoms with E-state index in [-0.39, 0.29) is 28.5 Å². The van der Waals surface area contributed by atoms with Gasteiger partial charge in [0.1, 0.15) is 5.97 Å². The third-order valence-electron chi connectivity index (χ3n) is 1.14. The topological polar surface area (TPSA) is 30.7 Å². The Labute approximate surface area is 86.6 Å². The van der Waals surface area contributed by atoms with Crippen LogP contribution in [0.3, 0.4) is 0 Å². The van der Waals surface area contributed by atoms with Crippen LogP contribution >= 0.6 is 15.9 Å². The normalized spacial score (nSPS) is 17.1. The third-order valence-corrected chi connectivity index (χ3v) is 1.51. The Kier molecular flexibility index (Phi) is 0.842. The molecule has 4 heteroatoms. The number of aromatic nitrogens is 3. The van der Waals surface area contributed by atoms with Crippen molar-refractivity contribution in [3.63, 3.8) is 0 Å². The first-order valence-electron chi connectivity index (χ1n) is 6.00. The first-order valence-corrected chi connectivity index (χ1v) is 3.80. The van der Waals surface area contributed by atoms with E-state index >= 15 is 0 Å². The van der Waals surface area contributed by atoms with Crippen molar-refractivity contribution in [2.24, 2.45) is 0 Å². The van der Waals surface area contributed by atoms with E-state index in [1.165, 1.54) is 0 Å². The summed E-state index contributed by atoms with van der Waals surface area (Å²) in [6, 6.07) is -0.596. The fourth-order valence-corrected chi connectivity index (χ4v) is 0.843. The van der Waals surface area contributed by atoms with Gasteiger partial charge in [-0.1, -0.05) is 0 Å². The molecule has 3 nitrogen and oxygen atoms in total. The molecule has 0 aliphatic carbocycles. The molecule has 0 radical (unpaired) electrons. The number of halogens is 1. The second kappa shape index (κ2) is 3.06. The van der Waals surface area contributed by atoms with Crippen LogP contribution in [0.25, 0.3) is 5.69 Å². The van der Waals surface area contributed by atoms with Crippen molar-refractivity contribution in [3.8, 4) is 5.69 Å². The molecular formula is C8H6BrN3. The molecule has 60 valence electrons. The Morgan fingerprint density at radius 1 is 1.50 bits per heavy atom. The van der Waals surface area contributed by atoms with Gasteiger partial charge in [0, 0.05) is 12.3 Å². The van der Waals surface area contributed by atoms with E-state index in [1.54, 1.807) is 0 Å². The number of imidazole rings is 1. The van der Waals surface area contributed by atoms with Crippen LogP contribution in [0.4, 0.5) is 0 Å². The van der Waals surface area contributed by atoms with Crippen LogP contribution in [0.1, 0.15) is 8.22 Å². The maximum Gasteiger partial charge on any atom is 0.106 e. The molecule has 0 aromatic carbocycles. The van der Waals surface area contributed by atoms with Crippen molar-refractivity contribution < 1.29 is 8.22 Å². The molecule has 0 atom stereocenters. The highest BCUT2D eigenvalue weighted by Gasteiger charge is 1.94. The molecule has 0 amide bonds. The highest BCUT2D eigenvalue weighted by molar-refractivity contribution is 9.10. The maximum absolute atomic E-state index is 7.76. The average molecular weight is 230 g/mol. The second-order valence-electron chi connectivity index (χ2n) is 1.88. The number of hydrogen-bond donors (Lipinski definition) is 0. The van der Waals surface area contributed by atoms with Crippen LogP contribution in [0.15, 0.2) is 41.5 Å². The number of pyridine rings is 1. The number of rotatable bonds is 1. The van der Waals surface area contributed by atoms with Crippen LogP contribution in [0, 0.1) is 0 Å². The summed E-state index contributed by atoms with van der Waals surface area (Å²) >= 11 is 2.95. The molecule has 2 rings (SSSR count). The van der Waals surface area contributed by atoms with Gasteiger partial charge in [0.15, 0.2) is 0 Å². The lowest BCUT2D eigenvalue weighted by molar-refractivity contribution is 1.03. The van der Waals surface area contributed by atoms with E-state index < -0.39 is 18.6 Å². The Bertz CT molecular complexity index is 640. The molecule has 2 aromatic heterocycles. The molecule has 0 saturated heterocycles. The lowest BCUT2D eigenvalue weighted by Crippen LogP contribution is -1.89. The third kappa shape index (κ3) is 1.38. The number of nitrogens with zero attached hydrogens (tertiary/aromatic N) is 3. The second-order valence-corrected chi connectivity index (χ2v) is 2.63. The summed E-state index contributed by atoms with van der Waals surface area (Å²) in [7, 11) is 0. The fourth-order valence-electron chi connectivity index (χ4n) is 0.656. The smallest absolute Gasteiger partial charge is 0.106 e. The quantitative estimate of drug-likeness (QED) is 0.701. The largest absolute Gasteiger partial charge is 0.305 e. The summed E-state index contributed by atoms with van der Waals surface area (Å²) in [4.78, 5) is 7.16. The molecule has 0 N–H and O–H groups in total. The first kappa shape index (κ1) is 3.30. The molecule has 0 spiro atoms. The summed E-state index contributed by atoms with van der Waals surface area (Å²) < 4.78 is 46.4. The van der Waals surface area contributed by atoms with Crippen LogP contribution in [-0.4, -0.2) is 14.5 Å². The minimum Gasteiger partial charge on any atom is -0.305 e. The molecule has 12 heavy (non-hydrogen) atoms. The Hall–Kier alpha value is -1.16. The summed E-state index contributed by atoms with van der Waals surface area (Å²) in [5.41, 5.74) is -0.191. The first-order chi connectivity index (χ1) is 8.34. The monoisotopic (exact) mass is 229 g/mol. The zero-order valence-electron chi connectivity index (χ0n) is 11.7. The van der Waals surface area contributed by atoms with Gasteiger partial charge in [-0.25, -0.2) is 9.97 Å². The lowest BCUT2D eigenvalue weighted by atomic mass is 10.4. The summed E-state index contributed by atoms with van der Waals surface area (Å²) in [5, 5.41) is 0. The zero-order valence-corrected chi connectivity index (χ0v) is 7.31. The standard InChI is InChI=1S/C8H6BrN3/c9-8-2-1-7(5-11-8)12-4-3-10-6-12/h1-6H/i1D,2D,3D,4D,5D,6D. The fraction of sp³-hybridized carbons (Fsp3) is 0. The predicted octanol–water partition coefficient (Wildman–Crippen LogP) is 2.03. The van der Waals surface area contributed by atoms with Crippen LogP contribution in [0.2, 0.25) is 0 Å². The van der Waals surface area contributed by atoms with Crippen molar-refractivity contribution >= 4 is 15.9 Å². The van der Waals surface area contributed by atoms with Gasteiger partial charge in [0.2, 0.25) is 0 Å². The van der Waals surface area contributed by atoms with Crippen molar-refractivity contribution in [1.29, 1.82) is 0 Å². The summed E-state index contributed by atoms with van der Waals surface area (Å²) in [6.07, 6.45) is -1.63. The Morgan fingerprint density at radius 3 is 3.17 bits per heavy atom. The SMILES string of the molecule is [2H]c1nc(Br)c([2H])c([2H])c1-n1c([2H])nc([2H])c1[2H]. The molecule has 0 aliphatic heterocycles. The van der Waals surface area contributed by atoms with Crippen LogP contribution < -0.4 is 0 Å². The van der Waals surface area contributed by atoms with E-state index in [1.807, 2.05) is 0 Å². The molecule has 2 aromatic rings. The van der Waals surface area contributed by atoms with Gasteiger partial charge >= 0.3 is 0 Å². The van der Waals surface area contributed by atoms with Gasteiger partial charge in [0.05, 0.1) is 25.0 Å². The minimum absolute atomic E-state index is 0.0468. The van der Waals surface area contributed by atoms with E-state index in [0.29, 0.717) is 0 Å². The van der Waals surface area contributed by atoms with Gasteiger partial charge in [-0.2, -0.15) is 0 Å². The molecule has 2 heterocycles. The van der Waals surface area contributed by atoms with E-state index in [0.717, 1.165) is 4.57 Å². The van der Waals surface area contributed by atoms with Crippen molar-refractivity contribution in [2.75, 3.05) is 0 Å². The molecule has 0 aliphatic rings. The van der Waals surface area contributed by atoms with Crippen LogP contribution in [-0.2, 0) is 0 Å². The molecule has 0 saturated carbocycles. The Balaban J connectivity index is 2.83. The highest BCUT2D eigenvalue weighted by Crippen LogP contribution is 2.09. The highest BCUT2D eigenvalue weighted by atomic mass is 79.9. The summed E-state index contributed by atoms with van der Waals surface area (Å²) in [6.45, 7) is 0. The molecule has 0 unspecified atom stereocenters. The van der Waals surface area contributed by atoms with Crippen molar-refractivity contribution in [1.82, 2.24) is 14.5 Å². The van der Waals surface area contributed by atoms with Crippen LogP contribution in [0.5, 0.6) is 0 Å². The predicted molar refractivity (Wildman–Crippen MR) is 49.1 cm³/mol. The molecule has 0 bridgehead atoms. The molecule has 0 fully saturated rings. The van der Waals surface area contributed by atoms with Gasteiger partial charge in [-0.15, -0.1) is 0 Å². The average Bonchev–Trinajstić information content (AvgIpc) is 2.53. The summed E-state index contributed by atoms with van der Waals surface area (Å²) in [5.74, 6) is 0. The molecular weight excluding hydrogens is 218 g/mol. The van der Waals surface area contributed by atoms with E-state index in [9.17, 15) is 0 Å². The van der Waals surface area contributed by atoms with E-state index in [2.05, 4.69) is 25.9 Å². The zero-order chi connectivity index (χ0) is 13.6. The van der Waals surface area contributed by atoms with Gasteiger partial charge in [-0.3, -0.25) is 0 Å². The maximum atomic E-state index is 7.76. The van der Waals surface area contributed by atoms with E-state index in [4.69, 9.17) is 8.22 Å². The van der Waals surface area contributed by atoms with Crippen molar-refractivity contribution in [2.45, 2.75) is 0 Å². The Morgan fingerprint density at radius 2 is 2.42 bits per heavy atom. The van der Waals surface area contributed by atoms with Gasteiger partial charge in [-0.05, 0) is 28.0 Å².